The number of H-pyrrole nitrogens is 1. The van der Waals surface area contributed by atoms with Crippen LogP contribution in [0.3, 0.4) is 0 Å². The molecule has 47 heavy (non-hydrogen) atoms. The Balaban J connectivity index is 1.29. The van der Waals surface area contributed by atoms with Gasteiger partial charge in [-0.25, -0.2) is 19.4 Å². The number of aromatic hydroxyl groups is 2. The number of aromatic amines is 1. The van der Waals surface area contributed by atoms with Crippen LogP contribution in [0, 0.1) is 0 Å². The number of urea groups is 1. The number of carbonyl (C=O) groups is 5. The quantitative estimate of drug-likeness (QED) is 0.106. The summed E-state index contributed by atoms with van der Waals surface area (Å²) in [5.41, 5.74) is 4.44. The molecule has 10 N–H and O–H groups in total. The second kappa shape index (κ2) is 13.4. The molecule has 5 rings (SSSR count). The number of fused-ring (bicyclic) bond motifs is 1. The van der Waals surface area contributed by atoms with Gasteiger partial charge in [-0.2, -0.15) is 0 Å². The Morgan fingerprint density at radius 2 is 1.72 bits per heavy atom. The maximum absolute atomic E-state index is 13.5. The number of nitrogens with zero attached hydrogens (tertiary/aromatic N) is 2. The molecular formula is C28H26N8O10S. The lowest BCUT2D eigenvalue weighted by molar-refractivity contribution is -0.151. The van der Waals surface area contributed by atoms with Gasteiger partial charge in [0.25, 0.3) is 11.5 Å². The molecule has 0 radical (unpaired) electrons. The number of aromatic nitrogens is 2. The number of β-lactam (4-membered cyclic amide) rings is 1. The lowest BCUT2D eigenvalue weighted by Gasteiger charge is -2.49. The van der Waals surface area contributed by atoms with Gasteiger partial charge in [0.1, 0.15) is 46.9 Å². The third-order valence-electron chi connectivity index (χ3n) is 6.88. The van der Waals surface area contributed by atoms with Gasteiger partial charge in [-0.15, -0.1) is 11.8 Å². The van der Waals surface area contributed by atoms with E-state index in [1.807, 2.05) is 0 Å². The second-order valence-electron chi connectivity index (χ2n) is 10.0. The molecule has 2 aliphatic rings. The highest BCUT2D eigenvalue weighted by Crippen LogP contribution is 2.40. The minimum Gasteiger partial charge on any atom is -0.508 e. The van der Waals surface area contributed by atoms with Crippen LogP contribution in [0.15, 0.2) is 70.8 Å². The summed E-state index contributed by atoms with van der Waals surface area (Å²) in [6, 6.07) is 7.61. The number of rotatable bonds is 10. The Bertz CT molecular complexity index is 1830. The number of hydrogen-bond donors (Lipinski definition) is 9. The zero-order chi connectivity index (χ0) is 33.8. The summed E-state index contributed by atoms with van der Waals surface area (Å²) in [6.45, 7) is -0.435. The van der Waals surface area contributed by atoms with E-state index >= 15 is 0 Å². The first-order chi connectivity index (χ1) is 22.4. The van der Waals surface area contributed by atoms with Crippen molar-refractivity contribution in [3.8, 4) is 11.5 Å². The Kier molecular flexibility index (Phi) is 9.17. The van der Waals surface area contributed by atoms with Crippen LogP contribution in [0.2, 0.25) is 0 Å². The predicted octanol–water partition coefficient (Wildman–Crippen LogP) is 0.621. The first kappa shape index (κ1) is 32.2. The first-order valence-electron chi connectivity index (χ1n) is 13.6. The van der Waals surface area contributed by atoms with Crippen LogP contribution in [-0.4, -0.2) is 83.9 Å². The molecule has 0 saturated carbocycles. The largest absolute Gasteiger partial charge is 0.508 e. The van der Waals surface area contributed by atoms with E-state index in [4.69, 9.17) is 10.5 Å². The molecule has 19 heteroatoms. The Hall–Kier alpha value is -6.24. The molecule has 0 aliphatic carbocycles. The SMILES string of the molecule is NC(=O)OCC1=C(C(=O)O)N2C(=O)C(NC(=O)[C@H](NC(=O)Nc3cnc(Nc4ccc(O)cc4)[nH]c3=O)c3ccc(O)cc3)[C@H]2SC1. The third-order valence-corrected chi connectivity index (χ3v) is 8.22. The van der Waals surface area contributed by atoms with Gasteiger partial charge in [-0.05, 0) is 42.0 Å². The van der Waals surface area contributed by atoms with E-state index in [2.05, 4.69) is 31.2 Å². The maximum Gasteiger partial charge on any atom is 0.404 e. The number of ether oxygens (including phenoxy) is 1. The van der Waals surface area contributed by atoms with E-state index in [1.165, 1.54) is 36.4 Å². The lowest BCUT2D eigenvalue weighted by atomic mass is 10.0. The van der Waals surface area contributed by atoms with Gasteiger partial charge in [-0.3, -0.25) is 24.3 Å². The third kappa shape index (κ3) is 7.20. The van der Waals surface area contributed by atoms with Gasteiger partial charge in [-0.1, -0.05) is 12.1 Å². The monoisotopic (exact) mass is 666 g/mol. The number of anilines is 3. The highest BCUT2D eigenvalue weighted by atomic mass is 32.2. The predicted molar refractivity (Wildman–Crippen MR) is 164 cm³/mol. The van der Waals surface area contributed by atoms with Crippen LogP contribution in [-0.2, 0) is 19.1 Å². The molecule has 0 bridgehead atoms. The van der Waals surface area contributed by atoms with Crippen molar-refractivity contribution in [2.24, 2.45) is 5.73 Å². The molecule has 0 spiro atoms. The number of amides is 5. The van der Waals surface area contributed by atoms with E-state index in [-0.39, 0.29) is 45.7 Å². The summed E-state index contributed by atoms with van der Waals surface area (Å²) in [6.07, 6.45) is -0.0404. The number of carboxylic acid groups (broad SMARTS) is 1. The fourth-order valence-corrected chi connectivity index (χ4v) is 6.00. The van der Waals surface area contributed by atoms with Crippen LogP contribution >= 0.6 is 11.8 Å². The molecule has 2 aromatic carbocycles. The Morgan fingerprint density at radius 1 is 1.06 bits per heavy atom. The summed E-state index contributed by atoms with van der Waals surface area (Å²) in [7, 11) is 0. The zero-order valence-electron chi connectivity index (χ0n) is 23.9. The van der Waals surface area contributed by atoms with Crippen LogP contribution < -0.4 is 32.6 Å². The molecule has 2 aliphatic heterocycles. The minimum absolute atomic E-state index is 0.0428. The fourth-order valence-electron chi connectivity index (χ4n) is 4.67. The van der Waals surface area contributed by atoms with E-state index < -0.39 is 59.5 Å². The van der Waals surface area contributed by atoms with Crippen molar-refractivity contribution in [3.63, 3.8) is 0 Å². The standard InChI is InChI=1S/C28H26N8O10S/c29-26(44)46-10-13-11-47-24-19(23(41)36(24)20(13)25(42)43)33-22(40)18(12-1-5-15(37)6-2-12)34-28(45)32-17-9-30-27(35-21(17)39)31-14-3-7-16(38)8-4-14/h1-9,18-19,24,37-38H,10-11H2,(H2,29,44)(H,33,40)(H,42,43)(H2,32,34,45)(H2,30,31,35,39)/t18-,19?,24-/m1/s1. The number of carbonyl (C=O) groups excluding carboxylic acids is 4. The van der Waals surface area contributed by atoms with Gasteiger partial charge in [0.2, 0.25) is 11.9 Å². The molecule has 3 heterocycles. The molecule has 1 unspecified atom stereocenters. The summed E-state index contributed by atoms with van der Waals surface area (Å²) < 4.78 is 4.70. The Morgan fingerprint density at radius 3 is 2.34 bits per heavy atom. The molecular weight excluding hydrogens is 640 g/mol. The average Bonchev–Trinajstić information content (AvgIpc) is 3.03. The smallest absolute Gasteiger partial charge is 0.404 e. The minimum atomic E-state index is -1.44. The molecule has 5 amide bonds. The van der Waals surface area contributed by atoms with Gasteiger partial charge < -0.3 is 47.1 Å². The highest BCUT2D eigenvalue weighted by Gasteiger charge is 2.54. The number of hydrogen-bond acceptors (Lipinski definition) is 12. The molecule has 18 nitrogen and oxygen atoms in total. The first-order valence-corrected chi connectivity index (χ1v) is 14.6. The highest BCUT2D eigenvalue weighted by molar-refractivity contribution is 8.00. The van der Waals surface area contributed by atoms with E-state index in [0.717, 1.165) is 22.9 Å². The summed E-state index contributed by atoms with van der Waals surface area (Å²) in [5.74, 6) is -3.02. The van der Waals surface area contributed by atoms with Crippen molar-refractivity contribution in [1.82, 2.24) is 25.5 Å². The van der Waals surface area contributed by atoms with Crippen LogP contribution in [0.5, 0.6) is 11.5 Å². The number of aliphatic carboxylic acids is 1. The van der Waals surface area contributed by atoms with E-state index in [1.54, 1.807) is 12.1 Å². The van der Waals surface area contributed by atoms with Crippen molar-refractivity contribution in [1.29, 1.82) is 0 Å². The Labute approximate surface area is 268 Å². The normalized spacial score (nSPS) is 17.4. The molecule has 3 atom stereocenters. The van der Waals surface area contributed by atoms with Crippen molar-refractivity contribution < 1.29 is 44.0 Å². The summed E-state index contributed by atoms with van der Waals surface area (Å²) in [5, 5.41) is 38.2. The fraction of sp³-hybridized carbons (Fsp3) is 0.179. The molecule has 3 aromatic rings. The second-order valence-corrected chi connectivity index (χ2v) is 11.1. The van der Waals surface area contributed by atoms with E-state index in [0.29, 0.717) is 5.69 Å². The molecule has 1 saturated heterocycles. The lowest BCUT2D eigenvalue weighted by Crippen LogP contribution is -2.71. The summed E-state index contributed by atoms with van der Waals surface area (Å²) >= 11 is 1.12. The number of benzene rings is 2. The van der Waals surface area contributed by atoms with Crippen molar-refractivity contribution in [2.45, 2.75) is 17.5 Å². The number of thioether (sulfide) groups is 1. The maximum atomic E-state index is 13.5. The van der Waals surface area contributed by atoms with E-state index in [9.17, 15) is 44.1 Å². The number of nitrogens with one attached hydrogen (secondary N) is 5. The number of carboxylic acids is 1. The van der Waals surface area contributed by atoms with Crippen molar-refractivity contribution >= 4 is 59.0 Å². The number of primary amides is 1. The summed E-state index contributed by atoms with van der Waals surface area (Å²) in [4.78, 5) is 82.6. The average molecular weight is 667 g/mol. The van der Waals surface area contributed by atoms with Crippen LogP contribution in [0.25, 0.3) is 0 Å². The van der Waals surface area contributed by atoms with Gasteiger partial charge in [0, 0.05) is 17.0 Å². The van der Waals surface area contributed by atoms with Crippen molar-refractivity contribution in [3.05, 3.63) is 81.9 Å². The molecule has 1 fully saturated rings. The zero-order valence-corrected chi connectivity index (χ0v) is 24.7. The van der Waals surface area contributed by atoms with Crippen LogP contribution in [0.1, 0.15) is 11.6 Å². The number of phenols is 2. The number of phenolic OH excluding ortho intramolecular Hbond substituents is 2. The number of nitrogens with two attached hydrogens (primary N) is 1. The molecule has 1 aromatic heterocycles. The molecule has 244 valence electrons. The van der Waals surface area contributed by atoms with Crippen molar-refractivity contribution in [2.75, 3.05) is 23.0 Å². The van der Waals surface area contributed by atoms with Gasteiger partial charge >= 0.3 is 18.1 Å². The topological polar surface area (TPSA) is 278 Å². The van der Waals surface area contributed by atoms with Crippen LogP contribution in [0.4, 0.5) is 26.9 Å². The van der Waals surface area contributed by atoms with Gasteiger partial charge in [0.05, 0.1) is 6.20 Å². The van der Waals surface area contributed by atoms with Gasteiger partial charge in [0.15, 0.2) is 0 Å².